The molecule has 4 rings (SSSR count). The molecular weight excluding hydrogens is 436 g/mol. The van der Waals surface area contributed by atoms with E-state index in [-0.39, 0.29) is 11.4 Å². The predicted octanol–water partition coefficient (Wildman–Crippen LogP) is 5.12. The van der Waals surface area contributed by atoms with Crippen molar-refractivity contribution >= 4 is 39.8 Å². The number of fused-ring (bicyclic) bond motifs is 1. The van der Waals surface area contributed by atoms with Gasteiger partial charge in [0.1, 0.15) is 29.8 Å². The van der Waals surface area contributed by atoms with E-state index in [1.165, 1.54) is 22.3 Å². The quantitative estimate of drug-likeness (QED) is 0.435. The number of rotatable bonds is 8. The van der Waals surface area contributed by atoms with Gasteiger partial charge in [-0.2, -0.15) is 15.1 Å². The number of carbonyl (C=O) groups excluding carboxylic acids is 1. The van der Waals surface area contributed by atoms with Crippen LogP contribution in [0, 0.1) is 18.3 Å². The second kappa shape index (κ2) is 10.0. The molecule has 0 aromatic heterocycles. The van der Waals surface area contributed by atoms with Crippen LogP contribution in [0.1, 0.15) is 31.4 Å². The molecule has 8 heteroatoms. The highest BCUT2D eigenvalue weighted by Gasteiger charge is 2.35. The van der Waals surface area contributed by atoms with Crippen LogP contribution in [0.25, 0.3) is 6.08 Å². The summed E-state index contributed by atoms with van der Waals surface area (Å²) in [5, 5.41) is 15.7. The second-order valence-corrected chi connectivity index (χ2v) is 9.23. The van der Waals surface area contributed by atoms with Crippen molar-refractivity contribution in [2.45, 2.75) is 27.2 Å². The van der Waals surface area contributed by atoms with Gasteiger partial charge in [0, 0.05) is 6.42 Å². The molecule has 33 heavy (non-hydrogen) atoms. The Labute approximate surface area is 197 Å². The third-order valence-electron chi connectivity index (χ3n) is 4.91. The van der Waals surface area contributed by atoms with Crippen molar-refractivity contribution in [1.82, 2.24) is 5.01 Å². The topological polar surface area (TPSA) is 87.3 Å². The van der Waals surface area contributed by atoms with Gasteiger partial charge in [0.25, 0.3) is 5.91 Å². The molecular formula is C25H26N4O3S. The number of hydrogen-bond acceptors (Lipinski definition) is 6. The zero-order valence-electron chi connectivity index (χ0n) is 18.9. The summed E-state index contributed by atoms with van der Waals surface area (Å²) < 4.78 is 11.4. The SMILES string of the molecule is Cc1ccc(OCCOc2ccc(/C=C3\C(=N)N4N=C(CC(C)C)SC4=NC3=O)cc2)cc1. The van der Waals surface area contributed by atoms with Crippen molar-refractivity contribution < 1.29 is 14.3 Å². The summed E-state index contributed by atoms with van der Waals surface area (Å²) in [4.78, 5) is 16.7. The van der Waals surface area contributed by atoms with Crippen molar-refractivity contribution in [2.24, 2.45) is 16.0 Å². The molecule has 0 radical (unpaired) electrons. The maximum absolute atomic E-state index is 12.5. The van der Waals surface area contributed by atoms with Gasteiger partial charge in [-0.1, -0.05) is 43.7 Å². The van der Waals surface area contributed by atoms with Gasteiger partial charge in [0.15, 0.2) is 5.84 Å². The minimum absolute atomic E-state index is 0.0461. The van der Waals surface area contributed by atoms with Gasteiger partial charge >= 0.3 is 0 Å². The lowest BCUT2D eigenvalue weighted by Crippen LogP contribution is -2.35. The van der Waals surface area contributed by atoms with E-state index in [2.05, 4.69) is 23.9 Å². The Bertz CT molecular complexity index is 1140. The summed E-state index contributed by atoms with van der Waals surface area (Å²) in [6.45, 7) is 7.10. The fourth-order valence-corrected chi connectivity index (χ4v) is 4.34. The molecule has 2 aliphatic heterocycles. The van der Waals surface area contributed by atoms with Gasteiger partial charge in [-0.05, 0) is 60.5 Å². The minimum Gasteiger partial charge on any atom is -0.490 e. The van der Waals surface area contributed by atoms with Gasteiger partial charge in [0.05, 0.1) is 5.57 Å². The number of nitrogens with one attached hydrogen (secondary N) is 1. The monoisotopic (exact) mass is 462 g/mol. The summed E-state index contributed by atoms with van der Waals surface area (Å²) in [6, 6.07) is 15.2. The average Bonchev–Trinajstić information content (AvgIpc) is 3.18. The first kappa shape index (κ1) is 22.8. The first-order valence-corrected chi connectivity index (χ1v) is 11.6. The molecule has 0 atom stereocenters. The number of nitrogens with zero attached hydrogens (tertiary/aromatic N) is 3. The van der Waals surface area contributed by atoms with Crippen LogP contribution in [-0.4, -0.2) is 40.2 Å². The molecule has 2 aromatic carbocycles. The van der Waals surface area contributed by atoms with Crippen LogP contribution in [0.4, 0.5) is 0 Å². The number of amides is 1. The molecule has 0 saturated heterocycles. The van der Waals surface area contributed by atoms with E-state index >= 15 is 0 Å². The Kier molecular flexibility index (Phi) is 6.93. The Morgan fingerprint density at radius 3 is 2.24 bits per heavy atom. The Balaban J connectivity index is 1.35. The fraction of sp³-hybridized carbons (Fsp3) is 0.280. The molecule has 0 aliphatic carbocycles. The molecule has 2 aromatic rings. The zero-order valence-corrected chi connectivity index (χ0v) is 19.7. The predicted molar refractivity (Wildman–Crippen MR) is 133 cm³/mol. The molecule has 2 heterocycles. The molecule has 0 unspecified atom stereocenters. The van der Waals surface area contributed by atoms with Gasteiger partial charge in [0.2, 0.25) is 5.17 Å². The highest BCUT2D eigenvalue weighted by Crippen LogP contribution is 2.30. The van der Waals surface area contributed by atoms with Gasteiger partial charge in [-0.3, -0.25) is 10.2 Å². The second-order valence-electron chi connectivity index (χ2n) is 8.19. The highest BCUT2D eigenvalue weighted by atomic mass is 32.2. The number of hydrogen-bond donors (Lipinski definition) is 1. The van der Waals surface area contributed by atoms with Gasteiger partial charge in [-0.25, -0.2) is 0 Å². The molecule has 0 spiro atoms. The van der Waals surface area contributed by atoms with Gasteiger partial charge < -0.3 is 9.47 Å². The summed E-state index contributed by atoms with van der Waals surface area (Å²) in [6.07, 6.45) is 2.45. The smallest absolute Gasteiger partial charge is 0.283 e. The largest absolute Gasteiger partial charge is 0.490 e. The molecule has 0 fully saturated rings. The summed E-state index contributed by atoms with van der Waals surface area (Å²) in [5.41, 5.74) is 2.19. The summed E-state index contributed by atoms with van der Waals surface area (Å²) in [5.74, 6) is 1.58. The minimum atomic E-state index is -0.423. The Morgan fingerprint density at radius 2 is 1.64 bits per heavy atom. The zero-order chi connectivity index (χ0) is 23.4. The average molecular weight is 463 g/mol. The number of benzene rings is 2. The number of carbonyl (C=O) groups is 1. The van der Waals surface area contributed by atoms with Crippen molar-refractivity contribution in [1.29, 1.82) is 5.41 Å². The third kappa shape index (κ3) is 5.70. The number of thioether (sulfide) groups is 1. The number of aliphatic imine (C=N–C) groups is 1. The normalized spacial score (nSPS) is 16.7. The lowest BCUT2D eigenvalue weighted by Gasteiger charge is -2.20. The lowest BCUT2D eigenvalue weighted by molar-refractivity contribution is -0.114. The number of amidine groups is 2. The molecule has 1 amide bonds. The van der Waals surface area contributed by atoms with Crippen LogP contribution in [-0.2, 0) is 4.79 Å². The Hall–Kier alpha value is -3.39. The van der Waals surface area contributed by atoms with Crippen LogP contribution in [0.5, 0.6) is 11.5 Å². The molecule has 7 nitrogen and oxygen atoms in total. The van der Waals surface area contributed by atoms with Crippen LogP contribution in [0.2, 0.25) is 0 Å². The maximum atomic E-state index is 12.5. The number of ether oxygens (including phenoxy) is 2. The third-order valence-corrected chi connectivity index (χ3v) is 5.84. The van der Waals surface area contributed by atoms with Crippen LogP contribution in [0.15, 0.2) is 64.2 Å². The van der Waals surface area contributed by atoms with Crippen molar-refractivity contribution in [2.75, 3.05) is 13.2 Å². The molecule has 0 saturated carbocycles. The van der Waals surface area contributed by atoms with Crippen molar-refractivity contribution in [3.05, 3.63) is 65.2 Å². The number of hydrazone groups is 1. The lowest BCUT2D eigenvalue weighted by atomic mass is 10.1. The number of aryl methyl sites for hydroxylation is 1. The van der Waals surface area contributed by atoms with Gasteiger partial charge in [-0.15, -0.1) is 0 Å². The van der Waals surface area contributed by atoms with Crippen LogP contribution >= 0.6 is 11.8 Å². The molecule has 1 N–H and O–H groups in total. The maximum Gasteiger partial charge on any atom is 0.283 e. The van der Waals surface area contributed by atoms with Crippen molar-refractivity contribution in [3.63, 3.8) is 0 Å². The van der Waals surface area contributed by atoms with Crippen LogP contribution < -0.4 is 9.47 Å². The van der Waals surface area contributed by atoms with E-state index in [1.54, 1.807) is 6.08 Å². The van der Waals surface area contributed by atoms with E-state index in [9.17, 15) is 4.79 Å². The summed E-state index contributed by atoms with van der Waals surface area (Å²) >= 11 is 1.36. The molecule has 0 bridgehead atoms. The van der Waals surface area contributed by atoms with E-state index in [0.717, 1.165) is 22.8 Å². The van der Waals surface area contributed by atoms with E-state index in [1.807, 2.05) is 55.5 Å². The molecule has 2 aliphatic rings. The summed E-state index contributed by atoms with van der Waals surface area (Å²) in [7, 11) is 0. The van der Waals surface area contributed by atoms with E-state index < -0.39 is 5.91 Å². The first-order valence-electron chi connectivity index (χ1n) is 10.8. The first-order chi connectivity index (χ1) is 15.9. The van der Waals surface area contributed by atoms with Crippen LogP contribution in [0.3, 0.4) is 0 Å². The highest BCUT2D eigenvalue weighted by molar-refractivity contribution is 8.26. The standard InChI is InChI=1S/C25H26N4O3S/c1-16(2)14-22-28-29-23(26)21(24(30)27-25(29)33-22)15-18-6-10-20(11-7-18)32-13-12-31-19-8-4-17(3)5-9-19/h4-11,15-16,26H,12-14H2,1-3H3/b21-15+,26-23?. The van der Waals surface area contributed by atoms with Crippen molar-refractivity contribution in [3.8, 4) is 11.5 Å². The van der Waals surface area contributed by atoms with E-state index in [4.69, 9.17) is 14.9 Å². The van der Waals surface area contributed by atoms with E-state index in [0.29, 0.717) is 30.0 Å². The Morgan fingerprint density at radius 1 is 1.03 bits per heavy atom. The fourth-order valence-electron chi connectivity index (χ4n) is 3.24. The molecule has 170 valence electrons.